The van der Waals surface area contributed by atoms with E-state index in [1.807, 2.05) is 24.3 Å². The van der Waals surface area contributed by atoms with Crippen molar-refractivity contribution in [3.05, 3.63) is 102 Å². The summed E-state index contributed by atoms with van der Waals surface area (Å²) in [7, 11) is 3.10. The van der Waals surface area contributed by atoms with E-state index < -0.39 is 11.8 Å². The molecule has 38 heavy (non-hydrogen) atoms. The Morgan fingerprint density at radius 1 is 0.868 bits per heavy atom. The molecule has 1 saturated heterocycles. The molecule has 0 bridgehead atoms. The Bertz CT molecular complexity index is 1570. The third-order valence-corrected chi connectivity index (χ3v) is 6.48. The number of hydrogen-bond donors (Lipinski definition) is 1. The van der Waals surface area contributed by atoms with Gasteiger partial charge in [0.1, 0.15) is 17.9 Å². The Kier molecular flexibility index (Phi) is 7.06. The topological polar surface area (TPSA) is 77.1 Å². The zero-order chi connectivity index (χ0) is 26.6. The molecular weight excluding hydrogens is 500 g/mol. The van der Waals surface area contributed by atoms with E-state index in [9.17, 15) is 9.59 Å². The van der Waals surface area contributed by atoms with Crippen LogP contribution in [0.15, 0.2) is 90.5 Å². The number of thiocarbonyl (C=S) groups is 1. The molecule has 4 aromatic rings. The number of nitrogens with one attached hydrogen (secondary N) is 1. The van der Waals surface area contributed by atoms with Gasteiger partial charge in [0, 0.05) is 0 Å². The Labute approximate surface area is 225 Å². The van der Waals surface area contributed by atoms with Crippen molar-refractivity contribution >= 4 is 51.7 Å². The van der Waals surface area contributed by atoms with Crippen molar-refractivity contribution in [1.29, 1.82) is 0 Å². The summed E-state index contributed by atoms with van der Waals surface area (Å²) in [6.45, 7) is 0.354. The maximum Gasteiger partial charge on any atom is 0.270 e. The van der Waals surface area contributed by atoms with Crippen LogP contribution in [0.1, 0.15) is 11.1 Å². The zero-order valence-electron chi connectivity index (χ0n) is 20.8. The first-order valence-corrected chi connectivity index (χ1v) is 12.2. The SMILES string of the molecule is COc1ccc(N2C(=O)/C(=C\c3ccc(OCc4cccc5ccccc45)c(OC)c3)C(=O)NC2=S)cc1. The van der Waals surface area contributed by atoms with E-state index in [0.717, 1.165) is 16.3 Å². The zero-order valence-corrected chi connectivity index (χ0v) is 21.6. The Morgan fingerprint density at radius 3 is 2.39 bits per heavy atom. The largest absolute Gasteiger partial charge is 0.497 e. The first-order chi connectivity index (χ1) is 18.5. The summed E-state index contributed by atoms with van der Waals surface area (Å²) in [4.78, 5) is 27.3. The molecule has 8 heteroatoms. The second kappa shape index (κ2) is 10.7. The van der Waals surface area contributed by atoms with Gasteiger partial charge in [0.25, 0.3) is 11.8 Å². The summed E-state index contributed by atoms with van der Waals surface area (Å²) in [6.07, 6.45) is 1.51. The molecular formula is C30H24N2O5S. The van der Waals surface area contributed by atoms with Crippen LogP contribution >= 0.6 is 12.2 Å². The molecule has 1 aliphatic rings. The lowest BCUT2D eigenvalue weighted by Crippen LogP contribution is -2.54. The number of benzene rings is 4. The monoisotopic (exact) mass is 524 g/mol. The molecule has 1 heterocycles. The van der Waals surface area contributed by atoms with Crippen LogP contribution in [0.5, 0.6) is 17.2 Å². The highest BCUT2D eigenvalue weighted by Crippen LogP contribution is 2.31. The van der Waals surface area contributed by atoms with Gasteiger partial charge in [0.2, 0.25) is 0 Å². The number of nitrogens with zero attached hydrogens (tertiary/aromatic N) is 1. The molecule has 0 saturated carbocycles. The average molecular weight is 525 g/mol. The fourth-order valence-corrected chi connectivity index (χ4v) is 4.54. The van der Waals surface area contributed by atoms with Crippen molar-refractivity contribution in [2.24, 2.45) is 0 Å². The van der Waals surface area contributed by atoms with Crippen molar-refractivity contribution in [1.82, 2.24) is 5.32 Å². The third kappa shape index (κ3) is 4.94. The number of anilines is 1. The Balaban J connectivity index is 1.39. The fraction of sp³-hybridized carbons (Fsp3) is 0.100. The third-order valence-electron chi connectivity index (χ3n) is 6.19. The van der Waals surface area contributed by atoms with Crippen molar-refractivity contribution in [2.45, 2.75) is 6.61 Å². The van der Waals surface area contributed by atoms with Gasteiger partial charge in [0.15, 0.2) is 16.6 Å². The van der Waals surface area contributed by atoms with Crippen LogP contribution in [0.2, 0.25) is 0 Å². The number of carbonyl (C=O) groups excluding carboxylic acids is 2. The molecule has 0 atom stereocenters. The highest BCUT2D eigenvalue weighted by Gasteiger charge is 2.34. The van der Waals surface area contributed by atoms with E-state index in [4.69, 9.17) is 26.4 Å². The quantitative estimate of drug-likeness (QED) is 0.202. The molecule has 0 aliphatic carbocycles. The van der Waals surface area contributed by atoms with Gasteiger partial charge in [-0.25, -0.2) is 0 Å². The van der Waals surface area contributed by atoms with Gasteiger partial charge in [-0.15, -0.1) is 0 Å². The number of methoxy groups -OCH3 is 2. The van der Waals surface area contributed by atoms with E-state index in [2.05, 4.69) is 23.5 Å². The van der Waals surface area contributed by atoms with E-state index in [0.29, 0.717) is 35.1 Å². The number of rotatable bonds is 7. The summed E-state index contributed by atoms with van der Waals surface area (Å²) >= 11 is 5.28. The van der Waals surface area contributed by atoms with Gasteiger partial charge in [-0.3, -0.25) is 19.8 Å². The summed E-state index contributed by atoms with van der Waals surface area (Å²) in [5.74, 6) is 0.562. The Morgan fingerprint density at radius 2 is 1.63 bits per heavy atom. The smallest absolute Gasteiger partial charge is 0.270 e. The summed E-state index contributed by atoms with van der Waals surface area (Å²) in [6, 6.07) is 26.3. The molecule has 0 spiro atoms. The molecule has 0 radical (unpaired) electrons. The van der Waals surface area contributed by atoms with Crippen LogP contribution in [0.25, 0.3) is 16.8 Å². The molecule has 2 amide bonds. The first kappa shape index (κ1) is 25.0. The maximum absolute atomic E-state index is 13.3. The molecule has 5 rings (SSSR count). The number of ether oxygens (including phenoxy) is 3. The standard InChI is InChI=1S/C30H24N2O5S/c1-35-23-13-11-22(12-14-23)32-29(34)25(28(33)31-30(32)38)16-19-10-15-26(27(17-19)36-2)37-18-21-8-5-7-20-6-3-4-9-24(20)21/h3-17H,18H2,1-2H3,(H,31,33,38)/b25-16-. The summed E-state index contributed by atoms with van der Waals surface area (Å²) < 4.78 is 16.8. The van der Waals surface area contributed by atoms with Gasteiger partial charge in [-0.2, -0.15) is 0 Å². The van der Waals surface area contributed by atoms with Crippen LogP contribution in [-0.2, 0) is 16.2 Å². The normalized spacial score (nSPS) is 14.5. The highest BCUT2D eigenvalue weighted by atomic mass is 32.1. The van der Waals surface area contributed by atoms with Crippen LogP contribution in [0.3, 0.4) is 0 Å². The maximum atomic E-state index is 13.3. The number of hydrogen-bond acceptors (Lipinski definition) is 6. The minimum atomic E-state index is -0.569. The van der Waals surface area contributed by atoms with E-state index >= 15 is 0 Å². The second-order valence-electron chi connectivity index (χ2n) is 8.49. The molecule has 1 N–H and O–H groups in total. The molecule has 190 valence electrons. The second-order valence-corrected chi connectivity index (χ2v) is 8.88. The molecule has 1 fully saturated rings. The van der Waals surface area contributed by atoms with Crippen molar-refractivity contribution in [2.75, 3.05) is 19.1 Å². The first-order valence-electron chi connectivity index (χ1n) is 11.8. The van der Waals surface area contributed by atoms with Crippen molar-refractivity contribution < 1.29 is 23.8 Å². The van der Waals surface area contributed by atoms with E-state index in [1.54, 1.807) is 56.7 Å². The molecule has 1 aliphatic heterocycles. The molecule has 4 aromatic carbocycles. The van der Waals surface area contributed by atoms with Gasteiger partial charge in [-0.05, 0) is 76.6 Å². The predicted octanol–water partition coefficient (Wildman–Crippen LogP) is 5.27. The fourth-order valence-electron chi connectivity index (χ4n) is 4.26. The van der Waals surface area contributed by atoms with E-state index in [-0.39, 0.29) is 10.7 Å². The van der Waals surface area contributed by atoms with Crippen LogP contribution < -0.4 is 24.4 Å². The molecule has 7 nitrogen and oxygen atoms in total. The molecule has 0 aromatic heterocycles. The van der Waals surface area contributed by atoms with Crippen molar-refractivity contribution in [3.63, 3.8) is 0 Å². The lowest BCUT2D eigenvalue weighted by Gasteiger charge is -2.29. The molecule has 0 unspecified atom stereocenters. The lowest BCUT2D eigenvalue weighted by molar-refractivity contribution is -0.122. The number of amides is 2. The average Bonchev–Trinajstić information content (AvgIpc) is 2.94. The number of fused-ring (bicyclic) bond motifs is 1. The van der Waals surface area contributed by atoms with Crippen LogP contribution in [0, 0.1) is 0 Å². The lowest BCUT2D eigenvalue weighted by atomic mass is 10.1. The minimum Gasteiger partial charge on any atom is -0.497 e. The van der Waals surface area contributed by atoms with Gasteiger partial charge in [-0.1, -0.05) is 48.5 Å². The minimum absolute atomic E-state index is 0.0112. The van der Waals surface area contributed by atoms with Gasteiger partial charge < -0.3 is 14.2 Å². The van der Waals surface area contributed by atoms with Gasteiger partial charge >= 0.3 is 0 Å². The van der Waals surface area contributed by atoms with Crippen molar-refractivity contribution in [3.8, 4) is 17.2 Å². The number of carbonyl (C=O) groups is 2. The van der Waals surface area contributed by atoms with Gasteiger partial charge in [0.05, 0.1) is 19.9 Å². The highest BCUT2D eigenvalue weighted by molar-refractivity contribution is 7.80. The summed E-state index contributed by atoms with van der Waals surface area (Å²) in [5, 5.41) is 4.87. The van der Waals surface area contributed by atoms with Crippen LogP contribution in [-0.4, -0.2) is 31.1 Å². The predicted molar refractivity (Wildman–Crippen MR) is 150 cm³/mol. The summed E-state index contributed by atoms with van der Waals surface area (Å²) in [5.41, 5.74) is 2.11. The van der Waals surface area contributed by atoms with Crippen LogP contribution in [0.4, 0.5) is 5.69 Å². The Hall–Kier alpha value is -4.69. The van der Waals surface area contributed by atoms with E-state index in [1.165, 1.54) is 11.0 Å².